The van der Waals surface area contributed by atoms with Gasteiger partial charge in [0.1, 0.15) is 24.2 Å². The molecule has 40 heavy (non-hydrogen) atoms. The Morgan fingerprint density at radius 2 is 1.55 bits per heavy atom. The normalized spacial score (nSPS) is 12.8. The van der Waals surface area contributed by atoms with Gasteiger partial charge in [-0.15, -0.1) is 0 Å². The maximum Gasteiger partial charge on any atom is 0.408 e. The predicted molar refractivity (Wildman–Crippen MR) is 157 cm³/mol. The maximum absolute atomic E-state index is 14.3. The molecule has 0 saturated heterocycles. The quantitative estimate of drug-likeness (QED) is 0.220. The standard InChI is InChI=1S/C31H51N3O6/c1-10-11-12-13-14-15-34(29(37)25(16-21(2)3)33-30(38)40-31(6,7)8)27(28(36)32-20-26(35)39-9)24-18-22(4)17-23(5)19-24/h17-19,21,25,27H,10-16,20H2,1-9H3,(H,32,36)(H,33,38). The van der Waals surface area contributed by atoms with Gasteiger partial charge in [0.15, 0.2) is 0 Å². The van der Waals surface area contributed by atoms with Gasteiger partial charge in [-0.05, 0) is 58.9 Å². The van der Waals surface area contributed by atoms with E-state index in [4.69, 9.17) is 9.47 Å². The van der Waals surface area contributed by atoms with Gasteiger partial charge in [-0.25, -0.2) is 4.79 Å². The van der Waals surface area contributed by atoms with E-state index in [0.717, 1.165) is 36.8 Å². The molecule has 0 radical (unpaired) electrons. The number of esters is 1. The van der Waals surface area contributed by atoms with Crippen LogP contribution in [0, 0.1) is 19.8 Å². The summed E-state index contributed by atoms with van der Waals surface area (Å²) in [5.41, 5.74) is 1.80. The van der Waals surface area contributed by atoms with Crippen LogP contribution in [0.5, 0.6) is 0 Å². The highest BCUT2D eigenvalue weighted by Gasteiger charge is 2.36. The van der Waals surface area contributed by atoms with E-state index in [1.165, 1.54) is 7.11 Å². The van der Waals surface area contributed by atoms with Crippen LogP contribution in [0.25, 0.3) is 0 Å². The topological polar surface area (TPSA) is 114 Å². The van der Waals surface area contributed by atoms with E-state index >= 15 is 0 Å². The summed E-state index contributed by atoms with van der Waals surface area (Å²) in [7, 11) is 1.25. The fourth-order valence-corrected chi connectivity index (χ4v) is 4.56. The molecule has 0 aliphatic rings. The molecule has 1 rings (SSSR count). The van der Waals surface area contributed by atoms with Crippen molar-refractivity contribution in [2.45, 2.75) is 112 Å². The lowest BCUT2D eigenvalue weighted by Crippen LogP contribution is -2.54. The minimum Gasteiger partial charge on any atom is -0.468 e. The van der Waals surface area contributed by atoms with Gasteiger partial charge in [0.05, 0.1) is 7.11 Å². The molecular weight excluding hydrogens is 510 g/mol. The third kappa shape index (κ3) is 12.8. The minimum atomic E-state index is -1.00. The smallest absolute Gasteiger partial charge is 0.408 e. The molecule has 2 unspecified atom stereocenters. The van der Waals surface area contributed by atoms with Gasteiger partial charge in [-0.3, -0.25) is 14.4 Å². The summed E-state index contributed by atoms with van der Waals surface area (Å²) in [5, 5.41) is 5.41. The largest absolute Gasteiger partial charge is 0.468 e. The molecule has 226 valence electrons. The Balaban J connectivity index is 3.55. The number of amides is 3. The van der Waals surface area contributed by atoms with Crippen molar-refractivity contribution in [1.82, 2.24) is 15.5 Å². The molecular formula is C31H51N3O6. The Morgan fingerprint density at radius 3 is 2.08 bits per heavy atom. The number of nitrogens with one attached hydrogen (secondary N) is 2. The molecule has 0 spiro atoms. The molecule has 9 nitrogen and oxygen atoms in total. The Bertz CT molecular complexity index is 966. The van der Waals surface area contributed by atoms with Crippen molar-refractivity contribution < 1.29 is 28.7 Å². The van der Waals surface area contributed by atoms with Gasteiger partial charge in [-0.2, -0.15) is 0 Å². The number of alkyl carbamates (subject to hydrolysis) is 1. The Morgan fingerprint density at radius 1 is 0.950 bits per heavy atom. The number of hydrogen-bond acceptors (Lipinski definition) is 6. The Labute approximate surface area is 240 Å². The first kappa shape index (κ1) is 34.9. The van der Waals surface area contributed by atoms with Gasteiger partial charge >= 0.3 is 12.1 Å². The van der Waals surface area contributed by atoms with Crippen LogP contribution in [0.15, 0.2) is 18.2 Å². The average Bonchev–Trinajstić information content (AvgIpc) is 2.83. The fourth-order valence-electron chi connectivity index (χ4n) is 4.56. The second kappa shape index (κ2) is 16.9. The van der Waals surface area contributed by atoms with Crippen LogP contribution < -0.4 is 10.6 Å². The Kier molecular flexibility index (Phi) is 14.7. The highest BCUT2D eigenvalue weighted by molar-refractivity contribution is 5.93. The summed E-state index contributed by atoms with van der Waals surface area (Å²) >= 11 is 0. The van der Waals surface area contributed by atoms with Crippen LogP contribution in [0.2, 0.25) is 0 Å². The summed E-state index contributed by atoms with van der Waals surface area (Å²) in [5.74, 6) is -1.36. The number of methoxy groups -OCH3 is 1. The summed E-state index contributed by atoms with van der Waals surface area (Å²) in [6.07, 6.45) is 4.46. The maximum atomic E-state index is 14.3. The molecule has 2 atom stereocenters. The van der Waals surface area contributed by atoms with Crippen LogP contribution in [-0.2, 0) is 23.9 Å². The highest BCUT2D eigenvalue weighted by atomic mass is 16.6. The first-order valence-electron chi connectivity index (χ1n) is 14.4. The van der Waals surface area contributed by atoms with Crippen LogP contribution in [0.4, 0.5) is 4.79 Å². The molecule has 1 aromatic rings. The number of rotatable bonds is 15. The summed E-state index contributed by atoms with van der Waals surface area (Å²) < 4.78 is 10.2. The van der Waals surface area contributed by atoms with E-state index in [2.05, 4.69) is 17.6 Å². The molecule has 0 saturated carbocycles. The first-order valence-corrected chi connectivity index (χ1v) is 14.4. The lowest BCUT2D eigenvalue weighted by molar-refractivity contribution is -0.145. The molecule has 3 amide bonds. The SMILES string of the molecule is CCCCCCCN(C(=O)C(CC(C)C)NC(=O)OC(C)(C)C)C(C(=O)NCC(=O)OC)c1cc(C)cc(C)c1. The summed E-state index contributed by atoms with van der Waals surface area (Å²) in [6, 6.07) is 3.86. The number of unbranched alkanes of at least 4 members (excludes halogenated alkanes) is 4. The van der Waals surface area contributed by atoms with Crippen molar-refractivity contribution in [1.29, 1.82) is 0 Å². The minimum absolute atomic E-state index is 0.0862. The van der Waals surface area contributed by atoms with E-state index in [-0.39, 0.29) is 18.4 Å². The van der Waals surface area contributed by atoms with Crippen LogP contribution >= 0.6 is 0 Å². The number of carbonyl (C=O) groups is 4. The van der Waals surface area contributed by atoms with E-state index < -0.39 is 35.7 Å². The van der Waals surface area contributed by atoms with Gasteiger partial charge < -0.3 is 25.0 Å². The van der Waals surface area contributed by atoms with Crippen LogP contribution in [0.3, 0.4) is 0 Å². The fraction of sp³-hybridized carbons (Fsp3) is 0.677. The first-order chi connectivity index (χ1) is 18.7. The molecule has 2 N–H and O–H groups in total. The van der Waals surface area contributed by atoms with Crippen molar-refractivity contribution >= 4 is 23.9 Å². The van der Waals surface area contributed by atoms with Crippen molar-refractivity contribution in [2.24, 2.45) is 5.92 Å². The third-order valence-corrected chi connectivity index (χ3v) is 6.24. The van der Waals surface area contributed by atoms with E-state index in [9.17, 15) is 19.2 Å². The average molecular weight is 562 g/mol. The molecule has 1 aromatic carbocycles. The van der Waals surface area contributed by atoms with Crippen molar-refractivity contribution in [3.05, 3.63) is 34.9 Å². The molecule has 0 heterocycles. The van der Waals surface area contributed by atoms with Crippen molar-refractivity contribution in [3.63, 3.8) is 0 Å². The molecule has 0 aliphatic heterocycles. The lowest BCUT2D eigenvalue weighted by atomic mass is 9.96. The van der Waals surface area contributed by atoms with E-state index in [0.29, 0.717) is 24.9 Å². The summed E-state index contributed by atoms with van der Waals surface area (Å²) in [6.45, 7) is 15.2. The number of hydrogen-bond donors (Lipinski definition) is 2. The Hall–Kier alpha value is -3.10. The highest BCUT2D eigenvalue weighted by Crippen LogP contribution is 2.27. The molecule has 9 heteroatoms. The van der Waals surface area contributed by atoms with Gasteiger partial charge in [0.2, 0.25) is 11.8 Å². The molecule has 0 fully saturated rings. The lowest BCUT2D eigenvalue weighted by Gasteiger charge is -2.35. The molecule has 0 bridgehead atoms. The second-order valence-electron chi connectivity index (χ2n) is 11.9. The molecule has 0 aliphatic carbocycles. The second-order valence-corrected chi connectivity index (χ2v) is 11.9. The van der Waals surface area contributed by atoms with E-state index in [1.54, 1.807) is 25.7 Å². The predicted octanol–water partition coefficient (Wildman–Crippen LogP) is 5.37. The molecule has 0 aromatic heterocycles. The van der Waals surface area contributed by atoms with Crippen LogP contribution in [0.1, 0.15) is 103 Å². The van der Waals surface area contributed by atoms with Gasteiger partial charge in [-0.1, -0.05) is 75.8 Å². The monoisotopic (exact) mass is 561 g/mol. The number of ether oxygens (including phenoxy) is 2. The van der Waals surface area contributed by atoms with Gasteiger partial charge in [0, 0.05) is 6.54 Å². The zero-order chi connectivity index (χ0) is 30.5. The van der Waals surface area contributed by atoms with Crippen molar-refractivity contribution in [3.8, 4) is 0 Å². The number of carbonyl (C=O) groups excluding carboxylic acids is 4. The van der Waals surface area contributed by atoms with Gasteiger partial charge in [0.25, 0.3) is 0 Å². The third-order valence-electron chi connectivity index (χ3n) is 6.24. The van der Waals surface area contributed by atoms with Crippen molar-refractivity contribution in [2.75, 3.05) is 20.2 Å². The number of benzene rings is 1. The number of aryl methyl sites for hydroxylation is 2. The zero-order valence-corrected chi connectivity index (χ0v) is 26.0. The van der Waals surface area contributed by atoms with Crippen LogP contribution in [-0.4, -0.2) is 60.6 Å². The summed E-state index contributed by atoms with van der Waals surface area (Å²) in [4.78, 5) is 54.1. The number of nitrogens with zero attached hydrogens (tertiary/aromatic N) is 1. The van der Waals surface area contributed by atoms with E-state index in [1.807, 2.05) is 45.9 Å². The zero-order valence-electron chi connectivity index (χ0n) is 26.0.